The van der Waals surface area contributed by atoms with Crippen molar-refractivity contribution in [3.63, 3.8) is 0 Å². The summed E-state index contributed by atoms with van der Waals surface area (Å²) in [6.07, 6.45) is 0. The molecule has 1 fully saturated rings. The van der Waals surface area contributed by atoms with E-state index in [2.05, 4.69) is 4.85 Å². The normalized spacial score (nSPS) is 17.1. The maximum Gasteiger partial charge on any atom is 0.305 e. The van der Waals surface area contributed by atoms with E-state index in [1.165, 1.54) is 0 Å². The summed E-state index contributed by atoms with van der Waals surface area (Å²) in [7, 11) is 0. The van der Waals surface area contributed by atoms with Crippen molar-refractivity contribution in [3.8, 4) is 12.1 Å². The van der Waals surface area contributed by atoms with Gasteiger partial charge in [-0.1, -0.05) is 0 Å². The molecule has 0 aromatic heterocycles. The van der Waals surface area contributed by atoms with Crippen LogP contribution in [-0.4, -0.2) is 14.8 Å². The zero-order chi connectivity index (χ0) is 38.7. The van der Waals surface area contributed by atoms with Crippen LogP contribution in [0.1, 0.15) is 24.9 Å². The molecule has 1 aliphatic carbocycles. The minimum Gasteiger partial charge on any atom is -0.258 e. The summed E-state index contributed by atoms with van der Waals surface area (Å²) in [5, 5.41) is 54.5. The van der Waals surface area contributed by atoms with Crippen LogP contribution in [0.25, 0.3) is 21.7 Å². The van der Waals surface area contributed by atoms with Gasteiger partial charge in [-0.3, -0.25) is 30.3 Å². The number of hydrogen-bond donors (Lipinski definition) is 0. The topological polar surface area (TPSA) is 181 Å². The van der Waals surface area contributed by atoms with Crippen molar-refractivity contribution in [1.29, 1.82) is 10.5 Å². The molecule has 0 radical (unpaired) electrons. The van der Waals surface area contributed by atoms with Gasteiger partial charge in [0.15, 0.2) is 5.82 Å². The van der Waals surface area contributed by atoms with Gasteiger partial charge in [0.25, 0.3) is 0 Å². The van der Waals surface area contributed by atoms with Crippen molar-refractivity contribution in [2.75, 3.05) is 0 Å². The van der Waals surface area contributed by atoms with Gasteiger partial charge in [0, 0.05) is 18.1 Å². The van der Waals surface area contributed by atoms with Crippen LogP contribution in [0, 0.1) is 94.5 Å². The Balaban J connectivity index is 2.43. The lowest BCUT2D eigenvalue weighted by Gasteiger charge is -2.04. The van der Waals surface area contributed by atoms with Gasteiger partial charge in [-0.25, -0.2) is 22.4 Å². The molecule has 0 bridgehead atoms. The van der Waals surface area contributed by atoms with E-state index in [1.807, 2.05) is 0 Å². The molecular formula is C27H6F6N6O6. The highest BCUT2D eigenvalue weighted by Gasteiger charge is 2.45. The molecule has 45 heavy (non-hydrogen) atoms. The first-order chi connectivity index (χ1) is 23.7. The smallest absolute Gasteiger partial charge is 0.258 e. The fourth-order valence-corrected chi connectivity index (χ4v) is 4.00. The molecule has 0 unspecified atom stereocenters. The zero-order valence-corrected chi connectivity index (χ0v) is 20.9. The van der Waals surface area contributed by atoms with E-state index in [9.17, 15) is 40.9 Å². The van der Waals surface area contributed by atoms with Crippen molar-refractivity contribution in [2.24, 2.45) is 0 Å². The first-order valence-electron chi connectivity index (χ1n) is 14.0. The number of allylic oxidation sites excluding steroid dienone is 5. The van der Waals surface area contributed by atoms with Gasteiger partial charge in [-0.05, 0) is 34.8 Å². The predicted molar refractivity (Wildman–Crippen MR) is 138 cm³/mol. The zero-order valence-electron chi connectivity index (χ0n) is 26.9. The molecule has 1 aliphatic rings. The Morgan fingerprint density at radius 1 is 0.644 bits per heavy atom. The lowest BCUT2D eigenvalue weighted by Crippen LogP contribution is -2.01. The number of rotatable bonds is 6. The van der Waals surface area contributed by atoms with Crippen molar-refractivity contribution in [3.05, 3.63) is 146 Å². The van der Waals surface area contributed by atoms with Gasteiger partial charge < -0.3 is 0 Å². The molecule has 3 aromatic carbocycles. The molecule has 1 saturated carbocycles. The molecular weight excluding hydrogens is 618 g/mol. The quantitative estimate of drug-likeness (QED) is 0.0932. The first kappa shape index (κ1) is 23.7. The highest BCUT2D eigenvalue weighted by molar-refractivity contribution is 6.11. The lowest BCUT2D eigenvalue weighted by molar-refractivity contribution is -0.387. The summed E-state index contributed by atoms with van der Waals surface area (Å²) in [5.74, 6) is -13.7. The number of nitriles is 2. The van der Waals surface area contributed by atoms with Crippen LogP contribution in [0.5, 0.6) is 0 Å². The number of benzene rings is 3. The number of nitro benzene ring substituents is 3. The van der Waals surface area contributed by atoms with Crippen molar-refractivity contribution in [1.82, 2.24) is 0 Å². The molecule has 0 aliphatic heterocycles. The summed E-state index contributed by atoms with van der Waals surface area (Å²) in [6.45, 7) is 7.58. The third-order valence-electron chi connectivity index (χ3n) is 5.86. The van der Waals surface area contributed by atoms with E-state index in [1.54, 1.807) is 0 Å². The average molecular weight is 630 g/mol. The van der Waals surface area contributed by atoms with Gasteiger partial charge in [-0.2, -0.15) is 19.3 Å². The Morgan fingerprint density at radius 3 is 1.24 bits per heavy atom. The Morgan fingerprint density at radius 2 is 0.956 bits per heavy atom. The van der Waals surface area contributed by atoms with E-state index < -0.39 is 153 Å². The molecule has 222 valence electrons. The average Bonchev–Trinajstić information content (AvgIpc) is 3.77. The molecule has 0 spiro atoms. The predicted octanol–water partition coefficient (Wildman–Crippen LogP) is 6.84. The van der Waals surface area contributed by atoms with Crippen LogP contribution in [0.3, 0.4) is 0 Å². The standard InChI is InChI=1S/C27H6F6N6O6/c1-36-27(22-14(30)4-7-17(26(22)33)39(44)45)23-20(10(8-34)18-12(28)2-5-15(24(18)31)37(40)41)21(23)11(9-35)19-13(29)3-6-16(25(19)32)38(42)43/h2-7H/b20-10-,21-11+,27-23?/i2D,3D,4D,5D,6D,7D. The maximum absolute atomic E-state index is 15.5. The largest absolute Gasteiger partial charge is 0.305 e. The van der Waals surface area contributed by atoms with Crippen molar-refractivity contribution < 1.29 is 49.3 Å². The molecule has 12 nitrogen and oxygen atoms in total. The van der Waals surface area contributed by atoms with Crippen LogP contribution in [0.4, 0.5) is 43.4 Å². The monoisotopic (exact) mass is 630 g/mol. The molecule has 0 atom stereocenters. The molecule has 0 N–H and O–H groups in total. The second-order valence-electron chi connectivity index (χ2n) is 8.14. The Bertz CT molecular complexity index is 2210. The summed E-state index contributed by atoms with van der Waals surface area (Å²) in [4.78, 5) is 32.4. The van der Waals surface area contributed by atoms with Gasteiger partial charge in [-0.15, -0.1) is 0 Å². The third-order valence-corrected chi connectivity index (χ3v) is 5.86. The minimum atomic E-state index is -2.36. The fourth-order valence-electron chi connectivity index (χ4n) is 4.00. The Hall–Kier alpha value is -6.87. The van der Waals surface area contributed by atoms with Gasteiger partial charge in [0.2, 0.25) is 17.3 Å². The van der Waals surface area contributed by atoms with Gasteiger partial charge in [0.1, 0.15) is 29.6 Å². The second kappa shape index (κ2) is 11.4. The molecule has 4 rings (SSSR count). The van der Waals surface area contributed by atoms with E-state index in [0.717, 1.165) is 12.1 Å². The molecule has 3 aromatic rings. The highest BCUT2D eigenvalue weighted by Crippen LogP contribution is 2.57. The van der Waals surface area contributed by atoms with Crippen molar-refractivity contribution in [2.45, 2.75) is 0 Å². The van der Waals surface area contributed by atoms with Crippen molar-refractivity contribution >= 4 is 33.9 Å². The third kappa shape index (κ3) is 4.96. The number of nitrogens with zero attached hydrogens (tertiary/aromatic N) is 6. The summed E-state index contributed by atoms with van der Waals surface area (Å²) in [5.41, 5.74) is -20.3. The van der Waals surface area contributed by atoms with Crippen LogP contribution in [-0.2, 0) is 0 Å². The number of hydrogen-bond acceptors (Lipinski definition) is 8. The van der Waals surface area contributed by atoms with Gasteiger partial charge in [0.05, 0.1) is 57.4 Å². The first-order valence-corrected chi connectivity index (χ1v) is 11.0. The maximum atomic E-state index is 15.5. The molecule has 0 amide bonds. The van der Waals surface area contributed by atoms with E-state index in [4.69, 9.17) is 14.8 Å². The van der Waals surface area contributed by atoms with Crippen LogP contribution >= 0.6 is 0 Å². The fraction of sp³-hybridized carbons (Fsp3) is 0. The highest BCUT2D eigenvalue weighted by atomic mass is 19.2. The summed E-state index contributed by atoms with van der Waals surface area (Å²) < 4.78 is 139. The van der Waals surface area contributed by atoms with Crippen LogP contribution in [0.2, 0.25) is 0 Å². The van der Waals surface area contributed by atoms with E-state index in [-0.39, 0.29) is 0 Å². The molecule has 18 heteroatoms. The van der Waals surface area contributed by atoms with Crippen LogP contribution < -0.4 is 0 Å². The molecule has 0 heterocycles. The number of nitro groups is 3. The van der Waals surface area contributed by atoms with E-state index in [0.29, 0.717) is 0 Å². The Labute approximate surface area is 253 Å². The Kier molecular flexibility index (Phi) is 6.01. The van der Waals surface area contributed by atoms with Gasteiger partial charge >= 0.3 is 17.1 Å². The summed E-state index contributed by atoms with van der Waals surface area (Å²) >= 11 is 0. The minimum absolute atomic E-state index is 1.08. The molecule has 0 saturated heterocycles. The van der Waals surface area contributed by atoms with Crippen LogP contribution in [0.15, 0.2) is 53.0 Å². The van der Waals surface area contributed by atoms with E-state index >= 15 is 26.3 Å². The summed E-state index contributed by atoms with van der Waals surface area (Å²) in [6, 6.07) is -8.05. The second-order valence-corrected chi connectivity index (χ2v) is 8.14. The SMILES string of the molecule is [2H]c1c([2H])c([N+](=O)[O-])c(F)c(C([N+]#[C-])=C2C(=C(\C#N)c3c(F)c([2H])c([2H])c([N+](=O)[O-])c3F)/C2=C(\C#N)c2c(F)c([2H])c([2H])c([N+](=O)[O-])c2F)c1F. The lowest BCUT2D eigenvalue weighted by atomic mass is 10.0. The number of halogens is 6.